The largest absolute Gasteiger partial charge is 0.0776 e. The quantitative estimate of drug-likeness (QED) is 0.533. The normalized spacial score (nSPS) is 9.85. The predicted octanol–water partition coefficient (Wildman–Crippen LogP) is 5.97. The maximum Gasteiger partial charge on any atom is -0.0178 e. The Morgan fingerprint density at radius 1 is 0.500 bits per heavy atom. The van der Waals surface area contributed by atoms with E-state index in [0.29, 0.717) is 0 Å². The molecule has 0 aliphatic carbocycles. The van der Waals surface area contributed by atoms with Crippen molar-refractivity contribution in [3.05, 3.63) is 84.4 Å². The fourth-order valence-corrected chi connectivity index (χ4v) is 2.33. The first-order chi connectivity index (χ1) is 9.33. The molecule has 100 valence electrons. The second-order valence-electron chi connectivity index (χ2n) is 4.82. The summed E-state index contributed by atoms with van der Waals surface area (Å²) in [4.78, 5) is 0. The number of hydrogen-bond acceptors (Lipinski definition) is 0. The second-order valence-corrected chi connectivity index (χ2v) is 4.82. The summed E-state index contributed by atoms with van der Waals surface area (Å²) < 4.78 is 0. The summed E-state index contributed by atoms with van der Waals surface area (Å²) in [7, 11) is 0. The Labute approximate surface area is 121 Å². The molecule has 0 heteroatoms. The highest BCUT2D eigenvalue weighted by molar-refractivity contribution is 5.73. The Kier molecular flexibility index (Phi) is 4.37. The van der Waals surface area contributed by atoms with Crippen LogP contribution in [0.25, 0.3) is 22.3 Å². The first-order valence-electron chi connectivity index (χ1n) is 6.55. The molecule has 0 aromatic heterocycles. The molecule has 3 aromatic carbocycles. The highest BCUT2D eigenvalue weighted by Crippen LogP contribution is 2.26. The van der Waals surface area contributed by atoms with Crippen molar-refractivity contribution in [2.75, 3.05) is 0 Å². The standard InChI is InChI=1S/C19H16.CH4/c1-15-7-5-10-17(13-15)19-12-6-11-18(14-19)16-8-3-2-4-9-16;/h2-14H,1H3;1H4. The van der Waals surface area contributed by atoms with E-state index >= 15 is 0 Å². The van der Waals surface area contributed by atoms with Gasteiger partial charge in [-0.2, -0.15) is 0 Å². The van der Waals surface area contributed by atoms with Crippen molar-refractivity contribution in [1.82, 2.24) is 0 Å². The minimum absolute atomic E-state index is 0. The molecule has 0 nitrogen and oxygen atoms in total. The van der Waals surface area contributed by atoms with Gasteiger partial charge < -0.3 is 0 Å². The van der Waals surface area contributed by atoms with Crippen LogP contribution in [0.3, 0.4) is 0 Å². The summed E-state index contributed by atoms with van der Waals surface area (Å²) in [5, 5.41) is 0. The van der Waals surface area contributed by atoms with Gasteiger partial charge in [0.15, 0.2) is 0 Å². The van der Waals surface area contributed by atoms with E-state index in [0.717, 1.165) is 0 Å². The molecule has 0 heterocycles. The second kappa shape index (κ2) is 6.21. The maximum atomic E-state index is 2.25. The minimum atomic E-state index is 0. The van der Waals surface area contributed by atoms with Crippen LogP contribution in [0.5, 0.6) is 0 Å². The van der Waals surface area contributed by atoms with Gasteiger partial charge in [-0.05, 0) is 35.2 Å². The van der Waals surface area contributed by atoms with Crippen molar-refractivity contribution in [2.24, 2.45) is 0 Å². The smallest absolute Gasteiger partial charge is 0.0178 e. The van der Waals surface area contributed by atoms with Gasteiger partial charge in [0, 0.05) is 0 Å². The third kappa shape index (κ3) is 2.97. The van der Waals surface area contributed by atoms with Gasteiger partial charge in [0.2, 0.25) is 0 Å². The zero-order chi connectivity index (χ0) is 13.1. The Balaban J connectivity index is 0.00000147. The predicted molar refractivity (Wildman–Crippen MR) is 88.8 cm³/mol. The molecule has 0 spiro atoms. The third-order valence-corrected chi connectivity index (χ3v) is 3.32. The van der Waals surface area contributed by atoms with Crippen molar-refractivity contribution in [3.63, 3.8) is 0 Å². The third-order valence-electron chi connectivity index (χ3n) is 3.32. The minimum Gasteiger partial charge on any atom is -0.0776 e. The highest BCUT2D eigenvalue weighted by atomic mass is 14.1. The van der Waals surface area contributed by atoms with Crippen LogP contribution < -0.4 is 0 Å². The van der Waals surface area contributed by atoms with Gasteiger partial charge in [0.1, 0.15) is 0 Å². The lowest BCUT2D eigenvalue weighted by molar-refractivity contribution is 1.47. The van der Waals surface area contributed by atoms with Crippen molar-refractivity contribution < 1.29 is 0 Å². The number of hydrogen-bond donors (Lipinski definition) is 0. The first-order valence-corrected chi connectivity index (χ1v) is 6.55. The van der Waals surface area contributed by atoms with Crippen LogP contribution in [-0.2, 0) is 0 Å². The summed E-state index contributed by atoms with van der Waals surface area (Å²) in [6.45, 7) is 2.13. The van der Waals surface area contributed by atoms with E-state index < -0.39 is 0 Å². The van der Waals surface area contributed by atoms with Gasteiger partial charge in [-0.1, -0.05) is 85.8 Å². The summed E-state index contributed by atoms with van der Waals surface area (Å²) >= 11 is 0. The van der Waals surface area contributed by atoms with Crippen molar-refractivity contribution in [3.8, 4) is 22.3 Å². The van der Waals surface area contributed by atoms with Crippen molar-refractivity contribution in [1.29, 1.82) is 0 Å². The van der Waals surface area contributed by atoms with Gasteiger partial charge in [-0.3, -0.25) is 0 Å². The molecule has 0 saturated carbocycles. The molecule has 0 unspecified atom stereocenters. The lowest BCUT2D eigenvalue weighted by Gasteiger charge is -2.06. The zero-order valence-corrected chi connectivity index (χ0v) is 11.0. The van der Waals surface area contributed by atoms with Crippen LogP contribution in [0, 0.1) is 6.92 Å². The molecule has 3 rings (SSSR count). The van der Waals surface area contributed by atoms with Gasteiger partial charge in [-0.25, -0.2) is 0 Å². The summed E-state index contributed by atoms with van der Waals surface area (Å²) in [5.74, 6) is 0. The molecule has 0 aliphatic heterocycles. The van der Waals surface area contributed by atoms with E-state index in [1.807, 2.05) is 6.07 Å². The van der Waals surface area contributed by atoms with Crippen molar-refractivity contribution >= 4 is 0 Å². The monoisotopic (exact) mass is 260 g/mol. The molecule has 0 saturated heterocycles. The van der Waals surface area contributed by atoms with E-state index in [9.17, 15) is 0 Å². The molecular formula is C20H20. The zero-order valence-electron chi connectivity index (χ0n) is 11.0. The number of benzene rings is 3. The molecule has 3 aromatic rings. The Morgan fingerprint density at radius 3 is 1.65 bits per heavy atom. The summed E-state index contributed by atoms with van der Waals surface area (Å²) in [6.07, 6.45) is 0. The van der Waals surface area contributed by atoms with E-state index in [1.54, 1.807) is 0 Å². The van der Waals surface area contributed by atoms with Crippen LogP contribution in [0.2, 0.25) is 0 Å². The Bertz CT molecular complexity index is 681. The van der Waals surface area contributed by atoms with E-state index in [-0.39, 0.29) is 7.43 Å². The molecule has 0 radical (unpaired) electrons. The highest BCUT2D eigenvalue weighted by Gasteiger charge is 2.01. The van der Waals surface area contributed by atoms with Crippen LogP contribution in [-0.4, -0.2) is 0 Å². The number of aryl methyl sites for hydroxylation is 1. The molecule has 0 atom stereocenters. The van der Waals surface area contributed by atoms with Crippen LogP contribution in [0.4, 0.5) is 0 Å². The first kappa shape index (κ1) is 14.1. The molecule has 0 fully saturated rings. The lowest BCUT2D eigenvalue weighted by Crippen LogP contribution is -1.82. The van der Waals surface area contributed by atoms with Crippen molar-refractivity contribution in [2.45, 2.75) is 14.4 Å². The summed E-state index contributed by atoms with van der Waals surface area (Å²) in [5.41, 5.74) is 6.36. The van der Waals surface area contributed by atoms with E-state index in [4.69, 9.17) is 0 Å². The topological polar surface area (TPSA) is 0 Å². The molecule has 20 heavy (non-hydrogen) atoms. The fourth-order valence-electron chi connectivity index (χ4n) is 2.33. The van der Waals surface area contributed by atoms with Gasteiger partial charge in [0.05, 0.1) is 0 Å². The molecule has 0 amide bonds. The average molecular weight is 260 g/mol. The lowest BCUT2D eigenvalue weighted by atomic mass is 9.98. The Hall–Kier alpha value is -2.34. The maximum absolute atomic E-state index is 2.25. The van der Waals surface area contributed by atoms with E-state index in [2.05, 4.69) is 79.7 Å². The molecule has 0 N–H and O–H groups in total. The van der Waals surface area contributed by atoms with Crippen LogP contribution in [0.1, 0.15) is 13.0 Å². The van der Waals surface area contributed by atoms with Gasteiger partial charge >= 0.3 is 0 Å². The van der Waals surface area contributed by atoms with Crippen LogP contribution >= 0.6 is 0 Å². The fraction of sp³-hybridized carbons (Fsp3) is 0.100. The Morgan fingerprint density at radius 2 is 1.00 bits per heavy atom. The summed E-state index contributed by atoms with van der Waals surface area (Å²) in [6, 6.07) is 27.8. The molecule has 0 bridgehead atoms. The van der Waals surface area contributed by atoms with Crippen LogP contribution in [0.15, 0.2) is 78.9 Å². The molecule has 0 aliphatic rings. The van der Waals surface area contributed by atoms with Gasteiger partial charge in [-0.15, -0.1) is 0 Å². The van der Waals surface area contributed by atoms with Gasteiger partial charge in [0.25, 0.3) is 0 Å². The van der Waals surface area contributed by atoms with E-state index in [1.165, 1.54) is 27.8 Å². The molecular weight excluding hydrogens is 240 g/mol. The average Bonchev–Trinajstić information content (AvgIpc) is 2.48. The SMILES string of the molecule is C.Cc1cccc(-c2cccc(-c3ccccc3)c2)c1. The number of rotatable bonds is 2.